The lowest BCUT2D eigenvalue weighted by Crippen LogP contribution is -2.30. The molecule has 2 aromatic rings. The summed E-state index contributed by atoms with van der Waals surface area (Å²) in [5.41, 5.74) is 1.51. The Balaban J connectivity index is 1.80. The lowest BCUT2D eigenvalue weighted by molar-refractivity contribution is -0.147. The molecule has 1 amide bonds. The van der Waals surface area contributed by atoms with Crippen molar-refractivity contribution in [1.82, 2.24) is 4.90 Å². The molecule has 0 spiro atoms. The van der Waals surface area contributed by atoms with Crippen LogP contribution in [0.15, 0.2) is 59.1 Å². The quantitative estimate of drug-likeness (QED) is 0.542. The number of esters is 1. The van der Waals surface area contributed by atoms with Crippen LogP contribution in [0.5, 0.6) is 0 Å². The third-order valence-corrected chi connectivity index (χ3v) is 3.88. The molecule has 0 unspecified atom stereocenters. The van der Waals surface area contributed by atoms with Gasteiger partial charge in [0.2, 0.25) is 0 Å². The minimum Gasteiger partial charge on any atom is -0.452 e. The van der Waals surface area contributed by atoms with Gasteiger partial charge in [-0.25, -0.2) is 9.18 Å². The van der Waals surface area contributed by atoms with Gasteiger partial charge in [-0.1, -0.05) is 40.2 Å². The van der Waals surface area contributed by atoms with Crippen molar-refractivity contribution < 1.29 is 18.7 Å². The second kappa shape index (κ2) is 9.13. The minimum atomic E-state index is -0.601. The van der Waals surface area contributed by atoms with Crippen molar-refractivity contribution >= 4 is 33.9 Å². The maximum atomic E-state index is 13.1. The van der Waals surface area contributed by atoms with E-state index in [-0.39, 0.29) is 24.9 Å². The van der Waals surface area contributed by atoms with Gasteiger partial charge >= 0.3 is 5.97 Å². The number of benzene rings is 2. The average molecular weight is 406 g/mol. The van der Waals surface area contributed by atoms with Crippen molar-refractivity contribution in [3.8, 4) is 0 Å². The Labute approximate surface area is 154 Å². The molecule has 2 rings (SSSR count). The van der Waals surface area contributed by atoms with E-state index in [1.54, 1.807) is 25.3 Å². The Kier molecular flexibility index (Phi) is 6.89. The first kappa shape index (κ1) is 18.9. The highest BCUT2D eigenvalue weighted by molar-refractivity contribution is 9.10. The lowest BCUT2D eigenvalue weighted by atomic mass is 10.2. The topological polar surface area (TPSA) is 46.6 Å². The van der Waals surface area contributed by atoms with Gasteiger partial charge in [0.25, 0.3) is 5.91 Å². The van der Waals surface area contributed by atoms with E-state index in [2.05, 4.69) is 15.9 Å². The Morgan fingerprint density at radius 3 is 2.60 bits per heavy atom. The van der Waals surface area contributed by atoms with E-state index in [1.165, 1.54) is 23.1 Å². The summed E-state index contributed by atoms with van der Waals surface area (Å²) in [6, 6.07) is 13.4. The van der Waals surface area contributed by atoms with E-state index in [0.29, 0.717) is 5.56 Å². The monoisotopic (exact) mass is 405 g/mol. The first-order valence-electron chi connectivity index (χ1n) is 7.53. The van der Waals surface area contributed by atoms with Crippen molar-refractivity contribution in [3.63, 3.8) is 0 Å². The number of nitrogens with zero attached hydrogens (tertiary/aromatic N) is 1. The van der Waals surface area contributed by atoms with Crippen LogP contribution in [-0.2, 0) is 20.9 Å². The largest absolute Gasteiger partial charge is 0.452 e. The van der Waals surface area contributed by atoms with Gasteiger partial charge in [-0.3, -0.25) is 4.79 Å². The predicted octanol–water partition coefficient (Wildman–Crippen LogP) is 3.80. The van der Waals surface area contributed by atoms with Crippen molar-refractivity contribution in [3.05, 3.63) is 76.0 Å². The number of halogens is 2. The molecule has 0 saturated carbocycles. The third-order valence-electron chi connectivity index (χ3n) is 3.35. The first-order valence-corrected chi connectivity index (χ1v) is 8.32. The van der Waals surface area contributed by atoms with Crippen LogP contribution in [-0.4, -0.2) is 30.4 Å². The third kappa shape index (κ3) is 6.51. The molecule has 0 N–H and O–H groups in total. The van der Waals surface area contributed by atoms with E-state index in [0.717, 1.165) is 10.0 Å². The SMILES string of the molecule is CN(Cc1cccc(F)c1)C(=O)COC(=O)/C=C/c1ccc(Br)cc1. The zero-order valence-electron chi connectivity index (χ0n) is 13.6. The summed E-state index contributed by atoms with van der Waals surface area (Å²) in [7, 11) is 1.57. The number of carbonyl (C=O) groups is 2. The summed E-state index contributed by atoms with van der Waals surface area (Å²) >= 11 is 3.33. The second-order valence-corrected chi connectivity index (χ2v) is 6.29. The van der Waals surface area contributed by atoms with Gasteiger partial charge in [0.05, 0.1) is 0 Å². The standard InChI is InChI=1S/C19H17BrFNO3/c1-22(12-15-3-2-4-17(21)11-15)18(23)13-25-19(24)10-7-14-5-8-16(20)9-6-14/h2-11H,12-13H2,1H3/b10-7+. The molecule has 0 atom stereocenters. The van der Waals surface area contributed by atoms with Gasteiger partial charge in [0, 0.05) is 24.1 Å². The van der Waals surface area contributed by atoms with Gasteiger partial charge in [-0.05, 0) is 41.5 Å². The normalized spacial score (nSPS) is 10.7. The Morgan fingerprint density at radius 1 is 1.20 bits per heavy atom. The maximum Gasteiger partial charge on any atom is 0.331 e. The van der Waals surface area contributed by atoms with E-state index >= 15 is 0 Å². The fourth-order valence-corrected chi connectivity index (χ4v) is 2.29. The van der Waals surface area contributed by atoms with Crippen LogP contribution >= 0.6 is 15.9 Å². The first-order chi connectivity index (χ1) is 11.9. The number of amides is 1. The summed E-state index contributed by atoms with van der Waals surface area (Å²) < 4.78 is 19.0. The van der Waals surface area contributed by atoms with Crippen LogP contribution in [0, 0.1) is 5.82 Å². The summed E-state index contributed by atoms with van der Waals surface area (Å²) in [4.78, 5) is 25.0. The molecule has 0 heterocycles. The number of carbonyl (C=O) groups excluding carboxylic acids is 2. The molecule has 2 aromatic carbocycles. The van der Waals surface area contributed by atoms with Crippen LogP contribution in [0.3, 0.4) is 0 Å². The van der Waals surface area contributed by atoms with E-state index in [1.807, 2.05) is 24.3 Å². The minimum absolute atomic E-state index is 0.239. The van der Waals surface area contributed by atoms with Crippen LogP contribution in [0.4, 0.5) is 4.39 Å². The van der Waals surface area contributed by atoms with Crippen molar-refractivity contribution in [1.29, 1.82) is 0 Å². The van der Waals surface area contributed by atoms with Crippen molar-refractivity contribution in [2.24, 2.45) is 0 Å². The summed E-state index contributed by atoms with van der Waals surface area (Å²) in [5.74, 6) is -1.33. The molecule has 0 aliphatic rings. The average Bonchev–Trinajstić information content (AvgIpc) is 2.59. The smallest absolute Gasteiger partial charge is 0.331 e. The van der Waals surface area contributed by atoms with Crippen LogP contribution in [0.2, 0.25) is 0 Å². The molecule has 130 valence electrons. The van der Waals surface area contributed by atoms with Crippen LogP contribution in [0.25, 0.3) is 6.08 Å². The lowest BCUT2D eigenvalue weighted by Gasteiger charge is -2.17. The highest BCUT2D eigenvalue weighted by Gasteiger charge is 2.11. The molecule has 25 heavy (non-hydrogen) atoms. The van der Waals surface area contributed by atoms with Crippen LogP contribution in [0.1, 0.15) is 11.1 Å². The number of likely N-dealkylation sites (N-methyl/N-ethyl adjacent to an activating group) is 1. The van der Waals surface area contributed by atoms with Crippen LogP contribution < -0.4 is 0 Å². The Bertz CT molecular complexity index is 774. The van der Waals surface area contributed by atoms with Gasteiger partial charge in [-0.15, -0.1) is 0 Å². The van der Waals surface area contributed by atoms with Crippen molar-refractivity contribution in [2.75, 3.05) is 13.7 Å². The summed E-state index contributed by atoms with van der Waals surface area (Å²) in [5, 5.41) is 0. The molecule has 4 nitrogen and oxygen atoms in total. The number of hydrogen-bond acceptors (Lipinski definition) is 3. The number of hydrogen-bond donors (Lipinski definition) is 0. The fraction of sp³-hybridized carbons (Fsp3) is 0.158. The summed E-state index contributed by atoms with van der Waals surface area (Å²) in [6.07, 6.45) is 2.87. The highest BCUT2D eigenvalue weighted by atomic mass is 79.9. The fourth-order valence-electron chi connectivity index (χ4n) is 2.03. The molecule has 6 heteroatoms. The molecule has 0 bridgehead atoms. The highest BCUT2D eigenvalue weighted by Crippen LogP contribution is 2.11. The molecular weight excluding hydrogens is 389 g/mol. The van der Waals surface area contributed by atoms with Gasteiger partial charge < -0.3 is 9.64 Å². The molecule has 0 fully saturated rings. The van der Waals surface area contributed by atoms with Gasteiger partial charge in [0.15, 0.2) is 6.61 Å². The Morgan fingerprint density at radius 2 is 1.92 bits per heavy atom. The molecule has 0 saturated heterocycles. The van der Waals surface area contributed by atoms with Gasteiger partial charge in [0.1, 0.15) is 5.82 Å². The summed E-state index contributed by atoms with van der Waals surface area (Å²) in [6.45, 7) is -0.127. The van der Waals surface area contributed by atoms with Gasteiger partial charge in [-0.2, -0.15) is 0 Å². The zero-order chi connectivity index (χ0) is 18.2. The van der Waals surface area contributed by atoms with E-state index in [9.17, 15) is 14.0 Å². The predicted molar refractivity (Wildman–Crippen MR) is 97.0 cm³/mol. The zero-order valence-corrected chi connectivity index (χ0v) is 15.2. The maximum absolute atomic E-state index is 13.1. The Hall–Kier alpha value is -2.47. The molecule has 0 aliphatic heterocycles. The number of rotatable bonds is 6. The molecule has 0 aliphatic carbocycles. The molecule has 0 radical (unpaired) electrons. The number of ether oxygens (including phenoxy) is 1. The van der Waals surface area contributed by atoms with E-state index < -0.39 is 5.97 Å². The van der Waals surface area contributed by atoms with E-state index in [4.69, 9.17) is 4.74 Å². The molecular formula is C19H17BrFNO3. The van der Waals surface area contributed by atoms with Crippen molar-refractivity contribution in [2.45, 2.75) is 6.54 Å². The second-order valence-electron chi connectivity index (χ2n) is 5.37. The molecule has 0 aromatic heterocycles.